The average molecular weight is 253 g/mol. The maximum absolute atomic E-state index is 11.3. The van der Waals surface area contributed by atoms with Gasteiger partial charge in [0, 0.05) is 12.1 Å². The number of thiophene rings is 1. The predicted octanol–water partition coefficient (Wildman–Crippen LogP) is 2.52. The van der Waals surface area contributed by atoms with E-state index in [0.717, 1.165) is 30.0 Å². The maximum atomic E-state index is 11.3. The first-order chi connectivity index (χ1) is 8.15. The van der Waals surface area contributed by atoms with Gasteiger partial charge in [-0.2, -0.15) is 0 Å². The Morgan fingerprint density at radius 1 is 1.53 bits per heavy atom. The highest BCUT2D eigenvalue weighted by molar-refractivity contribution is 7.18. The van der Waals surface area contributed by atoms with Crippen molar-refractivity contribution in [1.29, 1.82) is 0 Å². The molecule has 94 valence electrons. The van der Waals surface area contributed by atoms with Gasteiger partial charge < -0.3 is 16.8 Å². The average Bonchev–Trinajstić information content (AvgIpc) is 3.04. The fourth-order valence-electron chi connectivity index (χ4n) is 1.93. The topological polar surface area (TPSA) is 81.1 Å². The third-order valence-corrected chi connectivity index (χ3v) is 4.20. The molecule has 5 heteroatoms. The number of nitrogens with one attached hydrogen (secondary N) is 1. The van der Waals surface area contributed by atoms with Crippen LogP contribution < -0.4 is 16.8 Å². The number of amides is 1. The first-order valence-electron chi connectivity index (χ1n) is 6.11. The number of nitrogen functional groups attached to an aromatic ring is 1. The molecule has 1 amide bonds. The van der Waals surface area contributed by atoms with Crippen LogP contribution in [-0.4, -0.2) is 12.5 Å². The number of unbranched alkanes of at least 4 members (excludes halogenated alkanes) is 1. The van der Waals surface area contributed by atoms with E-state index in [2.05, 4.69) is 12.2 Å². The number of carbonyl (C=O) groups is 1. The number of rotatable bonds is 6. The van der Waals surface area contributed by atoms with Crippen molar-refractivity contribution in [3.63, 3.8) is 0 Å². The van der Waals surface area contributed by atoms with Crippen molar-refractivity contribution < 1.29 is 4.79 Å². The van der Waals surface area contributed by atoms with Gasteiger partial charge in [0.2, 0.25) is 0 Å². The summed E-state index contributed by atoms with van der Waals surface area (Å²) in [6, 6.07) is 0. The molecule has 0 atom stereocenters. The number of nitrogens with two attached hydrogens (primary N) is 2. The van der Waals surface area contributed by atoms with Crippen LogP contribution in [-0.2, 0) is 0 Å². The van der Waals surface area contributed by atoms with E-state index < -0.39 is 5.91 Å². The zero-order valence-corrected chi connectivity index (χ0v) is 10.9. The lowest BCUT2D eigenvalue weighted by molar-refractivity contribution is 0.100. The van der Waals surface area contributed by atoms with Crippen molar-refractivity contribution in [3.05, 3.63) is 10.4 Å². The Bertz CT molecular complexity index is 424. The molecule has 4 nitrogen and oxygen atoms in total. The number of carbonyl (C=O) groups excluding carboxylic acids is 1. The molecule has 1 saturated carbocycles. The summed E-state index contributed by atoms with van der Waals surface area (Å²) in [7, 11) is 0. The molecule has 1 aliphatic rings. The molecule has 1 heterocycles. The van der Waals surface area contributed by atoms with Gasteiger partial charge in [-0.1, -0.05) is 13.3 Å². The largest absolute Gasteiger partial charge is 0.397 e. The Morgan fingerprint density at radius 3 is 2.76 bits per heavy atom. The lowest BCUT2D eigenvalue weighted by Gasteiger charge is -2.06. The Morgan fingerprint density at radius 2 is 2.24 bits per heavy atom. The summed E-state index contributed by atoms with van der Waals surface area (Å²) in [6.07, 6.45) is 4.60. The smallest absolute Gasteiger partial charge is 0.260 e. The Balaban J connectivity index is 2.23. The molecule has 5 N–H and O–H groups in total. The highest BCUT2D eigenvalue weighted by atomic mass is 32.1. The monoisotopic (exact) mass is 253 g/mol. The number of anilines is 2. The van der Waals surface area contributed by atoms with E-state index in [1.54, 1.807) is 0 Å². The summed E-state index contributed by atoms with van der Waals surface area (Å²) in [5.41, 5.74) is 13.1. The van der Waals surface area contributed by atoms with Crippen LogP contribution in [0.15, 0.2) is 0 Å². The number of hydrogen-bond donors (Lipinski definition) is 3. The van der Waals surface area contributed by atoms with Gasteiger partial charge in [-0.3, -0.25) is 4.79 Å². The molecule has 1 aromatic rings. The molecule has 1 aromatic heterocycles. The van der Waals surface area contributed by atoms with E-state index in [0.29, 0.717) is 16.5 Å². The summed E-state index contributed by atoms with van der Waals surface area (Å²) in [4.78, 5) is 11.8. The molecule has 2 rings (SSSR count). The van der Waals surface area contributed by atoms with Crippen LogP contribution in [0.1, 0.15) is 53.8 Å². The summed E-state index contributed by atoms with van der Waals surface area (Å²) in [5.74, 6) is 0.112. The van der Waals surface area contributed by atoms with Crippen LogP contribution in [0.2, 0.25) is 0 Å². The number of hydrogen-bond acceptors (Lipinski definition) is 4. The summed E-state index contributed by atoms with van der Waals surface area (Å²) < 4.78 is 0. The molecule has 0 bridgehead atoms. The second-order valence-electron chi connectivity index (χ2n) is 4.51. The van der Waals surface area contributed by atoms with Gasteiger partial charge in [0.1, 0.15) is 4.88 Å². The SMILES string of the molecule is CCCCNc1sc(C(N)=O)c(N)c1C1CC1. The van der Waals surface area contributed by atoms with E-state index >= 15 is 0 Å². The Hall–Kier alpha value is -1.23. The van der Waals surface area contributed by atoms with Gasteiger partial charge in [0.05, 0.1) is 10.7 Å². The first-order valence-corrected chi connectivity index (χ1v) is 6.92. The molecule has 1 aliphatic carbocycles. The standard InChI is InChI=1S/C12H19N3OS/c1-2-3-6-15-12-8(7-4-5-7)9(13)10(17-12)11(14)16/h7,15H,2-6,13H2,1H3,(H2,14,16). The normalized spacial score (nSPS) is 14.9. The molecule has 0 aliphatic heterocycles. The molecule has 0 aromatic carbocycles. The van der Waals surface area contributed by atoms with Crippen molar-refractivity contribution in [1.82, 2.24) is 0 Å². The lowest BCUT2D eigenvalue weighted by Crippen LogP contribution is -2.11. The van der Waals surface area contributed by atoms with Crippen LogP contribution >= 0.6 is 11.3 Å². The molecule has 17 heavy (non-hydrogen) atoms. The van der Waals surface area contributed by atoms with Gasteiger partial charge in [-0.05, 0) is 25.2 Å². The summed E-state index contributed by atoms with van der Waals surface area (Å²) >= 11 is 1.40. The Labute approximate surface area is 105 Å². The quantitative estimate of drug-likeness (QED) is 0.681. The van der Waals surface area contributed by atoms with E-state index in [-0.39, 0.29) is 0 Å². The second-order valence-corrected chi connectivity index (χ2v) is 5.53. The zero-order chi connectivity index (χ0) is 12.4. The van der Waals surface area contributed by atoms with Crippen LogP contribution in [0.5, 0.6) is 0 Å². The summed E-state index contributed by atoms with van der Waals surface area (Å²) in [6.45, 7) is 3.08. The lowest BCUT2D eigenvalue weighted by atomic mass is 10.1. The van der Waals surface area contributed by atoms with Gasteiger partial charge >= 0.3 is 0 Å². The maximum Gasteiger partial charge on any atom is 0.260 e. The molecule has 0 saturated heterocycles. The second kappa shape index (κ2) is 4.96. The van der Waals surface area contributed by atoms with Crippen molar-refractivity contribution in [2.45, 2.75) is 38.5 Å². The van der Waals surface area contributed by atoms with Crippen LogP contribution in [0, 0.1) is 0 Å². The third-order valence-electron chi connectivity index (χ3n) is 3.01. The first kappa shape index (κ1) is 12.2. The minimum Gasteiger partial charge on any atom is -0.397 e. The van der Waals surface area contributed by atoms with E-state index in [1.165, 1.54) is 24.2 Å². The van der Waals surface area contributed by atoms with Crippen molar-refractivity contribution in [2.24, 2.45) is 5.73 Å². The minimum absolute atomic E-state index is 0.419. The molecule has 0 spiro atoms. The van der Waals surface area contributed by atoms with E-state index in [1.807, 2.05) is 0 Å². The fraction of sp³-hybridized carbons (Fsp3) is 0.583. The highest BCUT2D eigenvalue weighted by Gasteiger charge is 2.32. The predicted molar refractivity (Wildman–Crippen MR) is 72.6 cm³/mol. The highest BCUT2D eigenvalue weighted by Crippen LogP contribution is 2.50. The molecule has 1 fully saturated rings. The minimum atomic E-state index is -0.419. The van der Waals surface area contributed by atoms with Crippen molar-refractivity contribution in [2.75, 3.05) is 17.6 Å². The van der Waals surface area contributed by atoms with Gasteiger partial charge in [-0.25, -0.2) is 0 Å². The molecule has 0 unspecified atom stereocenters. The number of primary amides is 1. The van der Waals surface area contributed by atoms with Gasteiger partial charge in [0.25, 0.3) is 5.91 Å². The molecule has 0 radical (unpaired) electrons. The van der Waals surface area contributed by atoms with Gasteiger partial charge in [-0.15, -0.1) is 11.3 Å². The van der Waals surface area contributed by atoms with Crippen LogP contribution in [0.25, 0.3) is 0 Å². The van der Waals surface area contributed by atoms with E-state index in [4.69, 9.17) is 11.5 Å². The zero-order valence-electron chi connectivity index (χ0n) is 10.1. The van der Waals surface area contributed by atoms with Crippen LogP contribution in [0.4, 0.5) is 10.7 Å². The van der Waals surface area contributed by atoms with Crippen molar-refractivity contribution >= 4 is 27.9 Å². The van der Waals surface area contributed by atoms with Crippen molar-refractivity contribution in [3.8, 4) is 0 Å². The third kappa shape index (κ3) is 2.54. The fourth-order valence-corrected chi connectivity index (χ4v) is 3.01. The molecular weight excluding hydrogens is 234 g/mol. The van der Waals surface area contributed by atoms with Crippen LogP contribution in [0.3, 0.4) is 0 Å². The van der Waals surface area contributed by atoms with E-state index in [9.17, 15) is 4.79 Å². The molecular formula is C12H19N3OS. The van der Waals surface area contributed by atoms with Gasteiger partial charge in [0.15, 0.2) is 0 Å². The Kier molecular flexibility index (Phi) is 3.57. The summed E-state index contributed by atoms with van der Waals surface area (Å²) in [5, 5.41) is 4.43.